The standard InChI is InChI=1S/C21H18O/c22-21(19-14-8-3-9-15-19)20(18-12-6-2-7-13-18)16-17-10-4-1-5-11-17/h1-16,21-22H. The lowest BCUT2D eigenvalue weighted by atomic mass is 9.93. The number of rotatable bonds is 4. The van der Waals surface area contributed by atoms with Gasteiger partial charge in [-0.25, -0.2) is 0 Å². The minimum absolute atomic E-state index is 0.649. The molecule has 0 radical (unpaired) electrons. The van der Waals surface area contributed by atoms with Crippen LogP contribution in [-0.4, -0.2) is 5.11 Å². The van der Waals surface area contributed by atoms with E-state index in [-0.39, 0.29) is 0 Å². The molecule has 0 bridgehead atoms. The lowest BCUT2D eigenvalue weighted by molar-refractivity contribution is 0.239. The molecular weight excluding hydrogens is 268 g/mol. The third-order valence-corrected chi connectivity index (χ3v) is 3.64. The number of aliphatic hydroxyl groups is 1. The topological polar surface area (TPSA) is 20.2 Å². The molecule has 0 aliphatic heterocycles. The van der Waals surface area contributed by atoms with Gasteiger partial charge >= 0.3 is 0 Å². The highest BCUT2D eigenvalue weighted by atomic mass is 16.3. The highest BCUT2D eigenvalue weighted by Crippen LogP contribution is 2.31. The predicted molar refractivity (Wildman–Crippen MR) is 92.2 cm³/mol. The second-order valence-electron chi connectivity index (χ2n) is 5.19. The molecule has 0 spiro atoms. The molecule has 1 heteroatoms. The molecule has 0 aliphatic rings. The van der Waals surface area contributed by atoms with Gasteiger partial charge in [-0.15, -0.1) is 0 Å². The van der Waals surface area contributed by atoms with Crippen molar-refractivity contribution >= 4 is 11.6 Å². The quantitative estimate of drug-likeness (QED) is 0.672. The molecule has 1 nitrogen and oxygen atoms in total. The van der Waals surface area contributed by atoms with Gasteiger partial charge in [-0.2, -0.15) is 0 Å². The number of hydrogen-bond donors (Lipinski definition) is 1. The molecule has 1 unspecified atom stereocenters. The Bertz CT molecular complexity index is 731. The Morgan fingerprint density at radius 1 is 0.682 bits per heavy atom. The fourth-order valence-electron chi connectivity index (χ4n) is 2.49. The van der Waals surface area contributed by atoms with Crippen LogP contribution < -0.4 is 0 Å². The number of benzene rings is 3. The van der Waals surface area contributed by atoms with Crippen LogP contribution in [0.4, 0.5) is 0 Å². The van der Waals surface area contributed by atoms with E-state index in [1.807, 2.05) is 97.1 Å². The maximum atomic E-state index is 10.8. The van der Waals surface area contributed by atoms with Gasteiger partial charge < -0.3 is 5.11 Å². The first-order valence-corrected chi connectivity index (χ1v) is 7.39. The normalized spacial score (nSPS) is 12.9. The highest BCUT2D eigenvalue weighted by molar-refractivity contribution is 5.84. The van der Waals surface area contributed by atoms with E-state index in [0.29, 0.717) is 0 Å². The smallest absolute Gasteiger partial charge is 0.105 e. The third kappa shape index (κ3) is 3.33. The minimum Gasteiger partial charge on any atom is -0.384 e. The van der Waals surface area contributed by atoms with Gasteiger partial charge in [0.25, 0.3) is 0 Å². The summed E-state index contributed by atoms with van der Waals surface area (Å²) in [4.78, 5) is 0. The molecule has 0 amide bonds. The summed E-state index contributed by atoms with van der Waals surface area (Å²) in [6.07, 6.45) is 1.40. The monoisotopic (exact) mass is 286 g/mol. The fraction of sp³-hybridized carbons (Fsp3) is 0.0476. The van der Waals surface area contributed by atoms with E-state index < -0.39 is 6.10 Å². The molecule has 3 rings (SSSR count). The van der Waals surface area contributed by atoms with Crippen molar-refractivity contribution in [2.45, 2.75) is 6.10 Å². The van der Waals surface area contributed by atoms with E-state index in [1.165, 1.54) is 0 Å². The van der Waals surface area contributed by atoms with Gasteiger partial charge in [0.2, 0.25) is 0 Å². The van der Waals surface area contributed by atoms with Crippen LogP contribution >= 0.6 is 0 Å². The number of aliphatic hydroxyl groups excluding tert-OH is 1. The summed E-state index contributed by atoms with van der Waals surface area (Å²) in [5.41, 5.74) is 3.91. The van der Waals surface area contributed by atoms with Crippen LogP contribution in [0.5, 0.6) is 0 Å². The summed E-state index contributed by atoms with van der Waals surface area (Å²) < 4.78 is 0. The van der Waals surface area contributed by atoms with Crippen molar-refractivity contribution < 1.29 is 5.11 Å². The molecule has 0 saturated heterocycles. The molecule has 0 fully saturated rings. The van der Waals surface area contributed by atoms with E-state index in [9.17, 15) is 5.11 Å². The summed E-state index contributed by atoms with van der Waals surface area (Å²) in [6, 6.07) is 29.9. The average Bonchev–Trinajstić information content (AvgIpc) is 2.61. The van der Waals surface area contributed by atoms with Crippen LogP contribution in [0.2, 0.25) is 0 Å². The van der Waals surface area contributed by atoms with E-state index in [2.05, 4.69) is 0 Å². The van der Waals surface area contributed by atoms with Crippen molar-refractivity contribution in [2.24, 2.45) is 0 Å². The summed E-state index contributed by atoms with van der Waals surface area (Å²) in [7, 11) is 0. The molecule has 0 saturated carbocycles. The molecule has 1 atom stereocenters. The Hall–Kier alpha value is -2.64. The molecule has 22 heavy (non-hydrogen) atoms. The Labute approximate surface area is 131 Å². The second kappa shape index (κ2) is 6.88. The zero-order valence-corrected chi connectivity index (χ0v) is 12.3. The van der Waals surface area contributed by atoms with Crippen LogP contribution in [0.1, 0.15) is 22.8 Å². The number of hydrogen-bond acceptors (Lipinski definition) is 1. The van der Waals surface area contributed by atoms with Gasteiger partial charge in [0.05, 0.1) is 0 Å². The molecule has 0 aromatic heterocycles. The van der Waals surface area contributed by atoms with Crippen LogP contribution in [0.3, 0.4) is 0 Å². The lowest BCUT2D eigenvalue weighted by Gasteiger charge is -2.16. The highest BCUT2D eigenvalue weighted by Gasteiger charge is 2.15. The Morgan fingerprint density at radius 3 is 1.77 bits per heavy atom. The molecule has 0 heterocycles. The predicted octanol–water partition coefficient (Wildman–Crippen LogP) is 4.96. The molecule has 108 valence electrons. The molecule has 0 aliphatic carbocycles. The van der Waals surface area contributed by atoms with E-state index in [0.717, 1.165) is 22.3 Å². The summed E-state index contributed by atoms with van der Waals surface area (Å²) in [5, 5.41) is 10.8. The van der Waals surface area contributed by atoms with Crippen molar-refractivity contribution in [3.63, 3.8) is 0 Å². The van der Waals surface area contributed by atoms with Crippen LogP contribution in [0.15, 0.2) is 91.0 Å². The van der Waals surface area contributed by atoms with Gasteiger partial charge in [-0.05, 0) is 28.3 Å². The molecule has 1 N–H and O–H groups in total. The largest absolute Gasteiger partial charge is 0.384 e. The minimum atomic E-state index is -0.649. The summed E-state index contributed by atoms with van der Waals surface area (Å²) in [5.74, 6) is 0. The van der Waals surface area contributed by atoms with E-state index in [4.69, 9.17) is 0 Å². The molecular formula is C21H18O. The van der Waals surface area contributed by atoms with E-state index >= 15 is 0 Å². The van der Waals surface area contributed by atoms with Crippen LogP contribution in [0.25, 0.3) is 11.6 Å². The zero-order valence-electron chi connectivity index (χ0n) is 12.3. The maximum Gasteiger partial charge on any atom is 0.105 e. The average molecular weight is 286 g/mol. The Morgan fingerprint density at radius 2 is 1.18 bits per heavy atom. The van der Waals surface area contributed by atoms with Gasteiger partial charge in [-0.1, -0.05) is 91.0 Å². The summed E-state index contributed by atoms with van der Waals surface area (Å²) in [6.45, 7) is 0. The fourth-order valence-corrected chi connectivity index (χ4v) is 2.49. The first-order chi connectivity index (χ1) is 10.8. The van der Waals surface area contributed by atoms with Gasteiger partial charge in [0.15, 0.2) is 0 Å². The van der Waals surface area contributed by atoms with Gasteiger partial charge in [0, 0.05) is 0 Å². The Kier molecular flexibility index (Phi) is 4.47. The first-order valence-electron chi connectivity index (χ1n) is 7.39. The van der Waals surface area contributed by atoms with Gasteiger partial charge in [-0.3, -0.25) is 0 Å². The zero-order chi connectivity index (χ0) is 15.2. The van der Waals surface area contributed by atoms with Gasteiger partial charge in [0.1, 0.15) is 6.10 Å². The van der Waals surface area contributed by atoms with Crippen molar-refractivity contribution in [2.75, 3.05) is 0 Å². The Balaban J connectivity index is 2.06. The van der Waals surface area contributed by atoms with Crippen molar-refractivity contribution in [1.82, 2.24) is 0 Å². The third-order valence-electron chi connectivity index (χ3n) is 3.64. The van der Waals surface area contributed by atoms with E-state index in [1.54, 1.807) is 0 Å². The van der Waals surface area contributed by atoms with Crippen LogP contribution in [0, 0.1) is 0 Å². The van der Waals surface area contributed by atoms with Crippen molar-refractivity contribution in [3.05, 3.63) is 108 Å². The summed E-state index contributed by atoms with van der Waals surface area (Å²) >= 11 is 0. The SMILES string of the molecule is OC(C(=Cc1ccccc1)c1ccccc1)c1ccccc1. The first kappa shape index (κ1) is 14.3. The van der Waals surface area contributed by atoms with Crippen molar-refractivity contribution in [3.8, 4) is 0 Å². The van der Waals surface area contributed by atoms with Crippen molar-refractivity contribution in [1.29, 1.82) is 0 Å². The lowest BCUT2D eigenvalue weighted by Crippen LogP contribution is -2.01. The van der Waals surface area contributed by atoms with Crippen LogP contribution in [-0.2, 0) is 0 Å². The second-order valence-corrected chi connectivity index (χ2v) is 5.19. The maximum absolute atomic E-state index is 10.8. The molecule has 3 aromatic carbocycles. The molecule has 3 aromatic rings.